The van der Waals surface area contributed by atoms with E-state index >= 15 is 0 Å². The van der Waals surface area contributed by atoms with Crippen LogP contribution in [0.4, 0.5) is 0 Å². The first-order valence-corrected chi connectivity index (χ1v) is 4.85. The molecule has 14 heavy (non-hydrogen) atoms. The molecule has 0 aliphatic carbocycles. The van der Waals surface area contributed by atoms with Crippen molar-refractivity contribution in [2.75, 3.05) is 13.2 Å². The molecule has 0 saturated heterocycles. The van der Waals surface area contributed by atoms with Crippen molar-refractivity contribution in [3.63, 3.8) is 0 Å². The van der Waals surface area contributed by atoms with E-state index in [0.717, 1.165) is 22.5 Å². The van der Waals surface area contributed by atoms with Gasteiger partial charge in [0, 0.05) is 11.6 Å². The maximum absolute atomic E-state index is 5.85. The second-order valence-electron chi connectivity index (χ2n) is 3.62. The summed E-state index contributed by atoms with van der Waals surface area (Å²) in [5, 5.41) is 0. The van der Waals surface area contributed by atoms with Crippen molar-refractivity contribution < 1.29 is 9.47 Å². The van der Waals surface area contributed by atoms with Crippen molar-refractivity contribution in [2.45, 2.75) is 13.0 Å². The van der Waals surface area contributed by atoms with Gasteiger partial charge in [-0.2, -0.15) is 0 Å². The number of hydrogen-bond acceptors (Lipinski definition) is 3. The first-order valence-electron chi connectivity index (χ1n) is 4.85. The first-order chi connectivity index (χ1) is 6.70. The Kier molecular flexibility index (Phi) is 2.38. The monoisotopic (exact) mass is 191 g/mol. The fourth-order valence-electron chi connectivity index (χ4n) is 1.65. The average Bonchev–Trinajstić information content (AvgIpc) is 2.18. The van der Waals surface area contributed by atoms with Gasteiger partial charge in [0.25, 0.3) is 0 Å². The molecular formula is C10H14BNO2. The van der Waals surface area contributed by atoms with E-state index in [2.05, 4.69) is 0 Å². The van der Waals surface area contributed by atoms with Crippen molar-refractivity contribution in [1.29, 1.82) is 0 Å². The minimum absolute atomic E-state index is 0.0222. The Hall–Kier alpha value is -1.16. The smallest absolute Gasteiger partial charge is 0.165 e. The molecule has 1 aliphatic rings. The standard InChI is InChI=1S/C10H14BNO2/c1-6(12)7-2-3-8(11)10-9(7)13-4-5-14-10/h2-3,6H,4-5,11-12H2,1H3. The van der Waals surface area contributed by atoms with Gasteiger partial charge in [-0.25, -0.2) is 0 Å². The number of ether oxygens (including phenoxy) is 2. The van der Waals surface area contributed by atoms with Crippen LogP contribution in [0.25, 0.3) is 0 Å². The summed E-state index contributed by atoms with van der Waals surface area (Å²) in [5.41, 5.74) is 7.97. The van der Waals surface area contributed by atoms with Crippen LogP contribution in [0.5, 0.6) is 11.5 Å². The van der Waals surface area contributed by atoms with Gasteiger partial charge in [-0.15, -0.1) is 0 Å². The first kappa shape index (κ1) is 9.40. The lowest BCUT2D eigenvalue weighted by atomic mass is 9.91. The van der Waals surface area contributed by atoms with Crippen LogP contribution < -0.4 is 20.7 Å². The zero-order chi connectivity index (χ0) is 10.1. The molecule has 1 atom stereocenters. The number of nitrogens with two attached hydrogens (primary N) is 1. The highest BCUT2D eigenvalue weighted by atomic mass is 16.6. The summed E-state index contributed by atoms with van der Waals surface area (Å²) in [7, 11) is 2.01. The zero-order valence-corrected chi connectivity index (χ0v) is 8.54. The fraction of sp³-hybridized carbons (Fsp3) is 0.400. The van der Waals surface area contributed by atoms with Gasteiger partial charge in [-0.1, -0.05) is 12.1 Å². The highest BCUT2D eigenvalue weighted by Gasteiger charge is 2.19. The van der Waals surface area contributed by atoms with Crippen LogP contribution in [-0.2, 0) is 0 Å². The summed E-state index contributed by atoms with van der Waals surface area (Å²) in [6, 6.07) is 4.01. The molecule has 1 aliphatic heterocycles. The normalized spacial score (nSPS) is 16.4. The van der Waals surface area contributed by atoms with Crippen molar-refractivity contribution in [3.05, 3.63) is 17.7 Å². The Morgan fingerprint density at radius 1 is 1.29 bits per heavy atom. The molecule has 0 bridgehead atoms. The second kappa shape index (κ2) is 3.54. The minimum atomic E-state index is -0.0222. The van der Waals surface area contributed by atoms with Gasteiger partial charge < -0.3 is 15.2 Å². The van der Waals surface area contributed by atoms with E-state index in [0.29, 0.717) is 13.2 Å². The van der Waals surface area contributed by atoms with E-state index in [1.54, 1.807) is 0 Å². The van der Waals surface area contributed by atoms with E-state index in [1.807, 2.05) is 26.9 Å². The summed E-state index contributed by atoms with van der Waals surface area (Å²) < 4.78 is 11.2. The third-order valence-electron chi connectivity index (χ3n) is 2.41. The predicted molar refractivity (Wildman–Crippen MR) is 58.2 cm³/mol. The Morgan fingerprint density at radius 3 is 2.57 bits per heavy atom. The van der Waals surface area contributed by atoms with Gasteiger partial charge in [0.1, 0.15) is 21.1 Å². The van der Waals surface area contributed by atoms with Gasteiger partial charge in [-0.3, -0.25) is 0 Å². The molecule has 2 N–H and O–H groups in total. The van der Waals surface area contributed by atoms with Gasteiger partial charge >= 0.3 is 0 Å². The van der Waals surface area contributed by atoms with Crippen LogP contribution in [0, 0.1) is 0 Å². The molecule has 0 saturated carbocycles. The van der Waals surface area contributed by atoms with E-state index in [-0.39, 0.29) is 6.04 Å². The van der Waals surface area contributed by atoms with Crippen LogP contribution in [0.15, 0.2) is 12.1 Å². The molecule has 0 aromatic heterocycles. The number of benzene rings is 1. The molecule has 3 nitrogen and oxygen atoms in total. The molecule has 4 heteroatoms. The molecule has 0 amide bonds. The molecule has 1 aromatic carbocycles. The topological polar surface area (TPSA) is 44.5 Å². The van der Waals surface area contributed by atoms with E-state index in [1.165, 1.54) is 0 Å². The quantitative estimate of drug-likeness (QED) is 0.621. The molecule has 0 fully saturated rings. The lowest BCUT2D eigenvalue weighted by molar-refractivity contribution is 0.171. The van der Waals surface area contributed by atoms with Crippen LogP contribution in [0.1, 0.15) is 18.5 Å². The minimum Gasteiger partial charge on any atom is -0.487 e. The Labute approximate surface area is 84.6 Å². The zero-order valence-electron chi connectivity index (χ0n) is 8.54. The summed E-state index contributed by atoms with van der Waals surface area (Å²) >= 11 is 0. The molecule has 1 aromatic rings. The fourth-order valence-corrected chi connectivity index (χ4v) is 1.65. The number of fused-ring (bicyclic) bond motifs is 1. The third kappa shape index (κ3) is 1.46. The Balaban J connectivity index is 2.53. The van der Waals surface area contributed by atoms with Gasteiger partial charge in [0.15, 0.2) is 11.5 Å². The van der Waals surface area contributed by atoms with Crippen LogP contribution in [0.3, 0.4) is 0 Å². The third-order valence-corrected chi connectivity index (χ3v) is 2.41. The van der Waals surface area contributed by atoms with Gasteiger partial charge in [0.2, 0.25) is 0 Å². The maximum Gasteiger partial charge on any atom is 0.165 e. The average molecular weight is 191 g/mol. The van der Waals surface area contributed by atoms with Crippen molar-refractivity contribution in [2.24, 2.45) is 5.73 Å². The van der Waals surface area contributed by atoms with Crippen molar-refractivity contribution in [3.8, 4) is 11.5 Å². The maximum atomic E-state index is 5.85. The summed E-state index contributed by atoms with van der Waals surface area (Å²) in [6.45, 7) is 3.18. The SMILES string of the molecule is Bc1ccc(C(C)N)c2c1OCCO2. The van der Waals surface area contributed by atoms with E-state index < -0.39 is 0 Å². The van der Waals surface area contributed by atoms with Crippen molar-refractivity contribution in [1.82, 2.24) is 0 Å². The second-order valence-corrected chi connectivity index (χ2v) is 3.62. The lowest BCUT2D eigenvalue weighted by Crippen LogP contribution is -2.23. The predicted octanol–water partition coefficient (Wildman–Crippen LogP) is -0.264. The molecule has 2 rings (SSSR count). The molecular weight excluding hydrogens is 177 g/mol. The lowest BCUT2D eigenvalue weighted by Gasteiger charge is -2.24. The number of rotatable bonds is 1. The summed E-state index contributed by atoms with van der Waals surface area (Å²) in [4.78, 5) is 0. The number of hydrogen-bond donors (Lipinski definition) is 1. The van der Waals surface area contributed by atoms with E-state index in [9.17, 15) is 0 Å². The molecule has 0 spiro atoms. The molecule has 1 unspecified atom stereocenters. The summed E-state index contributed by atoms with van der Waals surface area (Å²) in [5.74, 6) is 1.68. The highest BCUT2D eigenvalue weighted by molar-refractivity contribution is 6.34. The van der Waals surface area contributed by atoms with E-state index in [4.69, 9.17) is 15.2 Å². The van der Waals surface area contributed by atoms with Crippen molar-refractivity contribution >= 4 is 13.3 Å². The van der Waals surface area contributed by atoms with Crippen LogP contribution in [-0.4, -0.2) is 21.1 Å². The Bertz CT molecular complexity index is 352. The molecule has 1 heterocycles. The Morgan fingerprint density at radius 2 is 1.93 bits per heavy atom. The molecule has 0 radical (unpaired) electrons. The largest absolute Gasteiger partial charge is 0.487 e. The van der Waals surface area contributed by atoms with Gasteiger partial charge in [-0.05, 0) is 12.4 Å². The molecule has 74 valence electrons. The van der Waals surface area contributed by atoms with Gasteiger partial charge in [0.05, 0.1) is 0 Å². The highest BCUT2D eigenvalue weighted by Crippen LogP contribution is 2.34. The van der Waals surface area contributed by atoms with Crippen LogP contribution >= 0.6 is 0 Å². The summed E-state index contributed by atoms with van der Waals surface area (Å²) in [6.07, 6.45) is 0. The van der Waals surface area contributed by atoms with Crippen LogP contribution in [0.2, 0.25) is 0 Å².